The van der Waals surface area contributed by atoms with E-state index in [1.807, 2.05) is 11.8 Å². The number of alkyl halides is 3. The van der Waals surface area contributed by atoms with Crippen molar-refractivity contribution < 1.29 is 17.6 Å². The smallest absolute Gasteiger partial charge is 0.314 e. The first-order valence-corrected chi connectivity index (χ1v) is 7.14. The van der Waals surface area contributed by atoms with Gasteiger partial charge in [-0.2, -0.15) is 13.2 Å². The molecule has 0 aliphatic carbocycles. The van der Waals surface area contributed by atoms with Gasteiger partial charge < -0.3 is 5.32 Å². The molecule has 1 atom stereocenters. The Kier molecular flexibility index (Phi) is 5.22. The summed E-state index contributed by atoms with van der Waals surface area (Å²) in [5.74, 6) is -0.425. The third kappa shape index (κ3) is 4.68. The van der Waals surface area contributed by atoms with E-state index in [4.69, 9.17) is 0 Å². The van der Waals surface area contributed by atoms with Crippen LogP contribution in [0.25, 0.3) is 0 Å². The zero-order valence-electron chi connectivity index (χ0n) is 12.0. The van der Waals surface area contributed by atoms with Crippen LogP contribution < -0.4 is 5.32 Å². The van der Waals surface area contributed by atoms with Crippen molar-refractivity contribution in [3.8, 4) is 0 Å². The Morgan fingerprint density at radius 3 is 2.52 bits per heavy atom. The first kappa shape index (κ1) is 16.2. The van der Waals surface area contributed by atoms with Crippen LogP contribution in [-0.2, 0) is 0 Å². The molecule has 1 heterocycles. The summed E-state index contributed by atoms with van der Waals surface area (Å²) in [4.78, 5) is 1.94. The van der Waals surface area contributed by atoms with E-state index in [-0.39, 0.29) is 6.42 Å². The van der Waals surface area contributed by atoms with Gasteiger partial charge in [-0.1, -0.05) is 17.7 Å². The van der Waals surface area contributed by atoms with E-state index >= 15 is 0 Å². The van der Waals surface area contributed by atoms with Crippen LogP contribution in [0.5, 0.6) is 0 Å². The molecular weight excluding hydrogens is 284 g/mol. The lowest BCUT2D eigenvalue weighted by molar-refractivity contribution is -0.138. The van der Waals surface area contributed by atoms with Gasteiger partial charge in [0.25, 0.3) is 0 Å². The zero-order valence-corrected chi connectivity index (χ0v) is 12.0. The second kappa shape index (κ2) is 6.75. The van der Waals surface area contributed by atoms with Crippen molar-refractivity contribution in [3.05, 3.63) is 35.1 Å². The van der Waals surface area contributed by atoms with Gasteiger partial charge in [0.1, 0.15) is 5.82 Å². The molecule has 0 saturated carbocycles. The molecule has 1 aliphatic rings. The summed E-state index contributed by atoms with van der Waals surface area (Å²) < 4.78 is 51.7. The lowest BCUT2D eigenvalue weighted by atomic mass is 9.97. The molecule has 1 aromatic rings. The number of piperazine rings is 1. The molecule has 2 rings (SSSR count). The van der Waals surface area contributed by atoms with Crippen molar-refractivity contribution in [1.82, 2.24) is 10.2 Å². The van der Waals surface area contributed by atoms with Gasteiger partial charge in [-0.25, -0.2) is 4.39 Å². The van der Waals surface area contributed by atoms with E-state index in [1.54, 1.807) is 12.1 Å². The largest absolute Gasteiger partial charge is 0.389 e. The van der Waals surface area contributed by atoms with Crippen molar-refractivity contribution in [2.24, 2.45) is 0 Å². The molecular formula is C15H20F4N2. The SMILES string of the molecule is Cc1ccc(F)c([C@@H](CCC(F)(F)F)N2CCNCC2)c1. The number of nitrogens with one attached hydrogen (secondary N) is 1. The van der Waals surface area contributed by atoms with Gasteiger partial charge in [-0.3, -0.25) is 4.90 Å². The molecule has 1 aromatic carbocycles. The molecule has 1 aliphatic heterocycles. The van der Waals surface area contributed by atoms with Crippen molar-refractivity contribution in [2.45, 2.75) is 32.0 Å². The van der Waals surface area contributed by atoms with Crippen LogP contribution in [0, 0.1) is 12.7 Å². The Balaban J connectivity index is 2.23. The van der Waals surface area contributed by atoms with Crippen molar-refractivity contribution in [3.63, 3.8) is 0 Å². The molecule has 1 N–H and O–H groups in total. The highest BCUT2D eigenvalue weighted by Crippen LogP contribution is 2.33. The van der Waals surface area contributed by atoms with E-state index in [9.17, 15) is 17.6 Å². The molecule has 0 aromatic heterocycles. The molecule has 0 unspecified atom stereocenters. The summed E-state index contributed by atoms with van der Waals surface area (Å²) in [6.07, 6.45) is -5.22. The third-order valence-electron chi connectivity index (χ3n) is 3.80. The minimum absolute atomic E-state index is 0.107. The van der Waals surface area contributed by atoms with Crippen LogP contribution in [0.15, 0.2) is 18.2 Å². The highest BCUT2D eigenvalue weighted by atomic mass is 19.4. The zero-order chi connectivity index (χ0) is 15.5. The number of benzene rings is 1. The predicted molar refractivity (Wildman–Crippen MR) is 73.6 cm³/mol. The molecule has 1 fully saturated rings. The van der Waals surface area contributed by atoms with Crippen LogP contribution in [-0.4, -0.2) is 37.3 Å². The summed E-state index contributed by atoms with van der Waals surface area (Å²) in [6, 6.07) is 4.12. The predicted octanol–water partition coefficient (Wildman–Crippen LogP) is 3.42. The molecule has 21 heavy (non-hydrogen) atoms. The van der Waals surface area contributed by atoms with Crippen molar-refractivity contribution >= 4 is 0 Å². The van der Waals surface area contributed by atoms with E-state index in [2.05, 4.69) is 5.32 Å². The minimum atomic E-state index is -4.22. The second-order valence-electron chi connectivity index (χ2n) is 5.48. The summed E-state index contributed by atoms with van der Waals surface area (Å²) in [5.41, 5.74) is 1.24. The fourth-order valence-electron chi connectivity index (χ4n) is 2.75. The number of aryl methyl sites for hydroxylation is 1. The Labute approximate surface area is 122 Å². The van der Waals surface area contributed by atoms with Crippen LogP contribution in [0.4, 0.5) is 17.6 Å². The van der Waals surface area contributed by atoms with Gasteiger partial charge in [0.15, 0.2) is 0 Å². The monoisotopic (exact) mass is 304 g/mol. The highest BCUT2D eigenvalue weighted by Gasteiger charge is 2.32. The third-order valence-corrected chi connectivity index (χ3v) is 3.80. The van der Waals surface area contributed by atoms with Crippen LogP contribution in [0.3, 0.4) is 0 Å². The quantitative estimate of drug-likeness (QED) is 0.858. The molecule has 118 valence electrons. The van der Waals surface area contributed by atoms with E-state index < -0.39 is 24.5 Å². The maximum Gasteiger partial charge on any atom is 0.389 e. The van der Waals surface area contributed by atoms with Crippen LogP contribution in [0.2, 0.25) is 0 Å². The Morgan fingerprint density at radius 1 is 1.24 bits per heavy atom. The van der Waals surface area contributed by atoms with Gasteiger partial charge in [0, 0.05) is 44.2 Å². The van der Waals surface area contributed by atoms with Gasteiger partial charge in [0.2, 0.25) is 0 Å². The van der Waals surface area contributed by atoms with Gasteiger partial charge >= 0.3 is 6.18 Å². The molecule has 0 spiro atoms. The van der Waals surface area contributed by atoms with Crippen molar-refractivity contribution in [1.29, 1.82) is 0 Å². The number of rotatable bonds is 4. The fourth-order valence-corrected chi connectivity index (χ4v) is 2.75. The summed E-state index contributed by atoms with van der Waals surface area (Å²) >= 11 is 0. The lowest BCUT2D eigenvalue weighted by Gasteiger charge is -2.35. The molecule has 0 radical (unpaired) electrons. The molecule has 0 bridgehead atoms. The second-order valence-corrected chi connectivity index (χ2v) is 5.48. The molecule has 0 amide bonds. The van der Waals surface area contributed by atoms with E-state index in [0.717, 1.165) is 18.7 Å². The number of hydrogen-bond acceptors (Lipinski definition) is 2. The average Bonchev–Trinajstić information content (AvgIpc) is 2.43. The summed E-state index contributed by atoms with van der Waals surface area (Å²) in [7, 11) is 0. The first-order chi connectivity index (χ1) is 9.87. The summed E-state index contributed by atoms with van der Waals surface area (Å²) in [6.45, 7) is 4.53. The highest BCUT2D eigenvalue weighted by molar-refractivity contribution is 5.27. The van der Waals surface area contributed by atoms with E-state index in [0.29, 0.717) is 18.7 Å². The average molecular weight is 304 g/mol. The number of hydrogen-bond donors (Lipinski definition) is 1. The molecule has 1 saturated heterocycles. The Morgan fingerprint density at radius 2 is 1.90 bits per heavy atom. The van der Waals surface area contributed by atoms with Gasteiger partial charge in [0.05, 0.1) is 0 Å². The Bertz CT molecular complexity index is 467. The van der Waals surface area contributed by atoms with Crippen molar-refractivity contribution in [2.75, 3.05) is 26.2 Å². The lowest BCUT2D eigenvalue weighted by Crippen LogP contribution is -2.45. The van der Waals surface area contributed by atoms with Gasteiger partial charge in [-0.05, 0) is 19.4 Å². The topological polar surface area (TPSA) is 15.3 Å². The number of halogens is 4. The molecule has 2 nitrogen and oxygen atoms in total. The first-order valence-electron chi connectivity index (χ1n) is 7.14. The Hall–Kier alpha value is -1.14. The fraction of sp³-hybridized carbons (Fsp3) is 0.600. The maximum absolute atomic E-state index is 14.1. The molecule has 6 heteroatoms. The van der Waals surface area contributed by atoms with Crippen LogP contribution in [0.1, 0.15) is 30.0 Å². The van der Waals surface area contributed by atoms with Gasteiger partial charge in [-0.15, -0.1) is 0 Å². The summed E-state index contributed by atoms with van der Waals surface area (Å²) in [5, 5.41) is 3.16. The minimum Gasteiger partial charge on any atom is -0.314 e. The maximum atomic E-state index is 14.1. The van der Waals surface area contributed by atoms with E-state index in [1.165, 1.54) is 6.07 Å². The number of nitrogens with zero attached hydrogens (tertiary/aromatic N) is 1. The van der Waals surface area contributed by atoms with Crippen LogP contribution >= 0.6 is 0 Å². The normalized spacial score (nSPS) is 18.7. The standard InChI is InChI=1S/C15H20F4N2/c1-11-2-3-13(16)12(10-11)14(4-5-15(17,18)19)21-8-6-20-7-9-21/h2-3,10,14,20H,4-9H2,1H3/t14-/m1/s1.